The van der Waals surface area contributed by atoms with E-state index in [-0.39, 0.29) is 0 Å². The molecule has 86 valence electrons. The molecule has 0 atom stereocenters. The third-order valence-electron chi connectivity index (χ3n) is 2.56. The number of aryl methyl sites for hydroxylation is 1. The summed E-state index contributed by atoms with van der Waals surface area (Å²) in [4.78, 5) is 0. The molecule has 0 unspecified atom stereocenters. The Hall–Kier alpha value is -2.35. The van der Waals surface area contributed by atoms with Crippen LogP contribution in [0.25, 0.3) is 5.69 Å². The molecule has 0 radical (unpaired) electrons. The van der Waals surface area contributed by atoms with Crippen LogP contribution in [0.1, 0.15) is 17.0 Å². The Morgan fingerprint density at radius 3 is 2.71 bits per heavy atom. The quantitative estimate of drug-likeness (QED) is 0.785. The zero-order valence-electron chi connectivity index (χ0n) is 9.93. The Labute approximate surface area is 99.2 Å². The molecule has 0 saturated carbocycles. The SMILES string of the molecule is COc1ccc(C)cc1-n1nnc(C#N)c1C. The normalized spacial score (nSPS) is 10.0. The highest BCUT2D eigenvalue weighted by Crippen LogP contribution is 2.24. The van der Waals surface area contributed by atoms with Crippen molar-refractivity contribution in [3.05, 3.63) is 35.2 Å². The maximum atomic E-state index is 8.86. The summed E-state index contributed by atoms with van der Waals surface area (Å²) in [5.41, 5.74) is 2.91. The molecule has 2 aromatic rings. The van der Waals surface area contributed by atoms with E-state index in [1.165, 1.54) is 0 Å². The molecule has 5 nitrogen and oxygen atoms in total. The van der Waals surface area contributed by atoms with Gasteiger partial charge in [0.1, 0.15) is 17.5 Å². The first-order chi connectivity index (χ1) is 8.17. The van der Waals surface area contributed by atoms with Crippen molar-refractivity contribution < 1.29 is 4.74 Å². The van der Waals surface area contributed by atoms with Gasteiger partial charge in [-0.25, -0.2) is 4.68 Å². The average molecular weight is 228 g/mol. The van der Waals surface area contributed by atoms with E-state index in [1.54, 1.807) is 18.7 Å². The first-order valence-corrected chi connectivity index (χ1v) is 5.14. The van der Waals surface area contributed by atoms with Gasteiger partial charge in [-0.15, -0.1) is 5.10 Å². The fraction of sp³-hybridized carbons (Fsp3) is 0.250. The summed E-state index contributed by atoms with van der Waals surface area (Å²) in [6.45, 7) is 3.79. The lowest BCUT2D eigenvalue weighted by molar-refractivity contribution is 0.411. The highest BCUT2D eigenvalue weighted by Gasteiger charge is 2.13. The van der Waals surface area contributed by atoms with Gasteiger partial charge < -0.3 is 4.74 Å². The molecule has 1 aromatic carbocycles. The Balaban J connectivity index is 2.63. The topological polar surface area (TPSA) is 63.7 Å². The molecule has 17 heavy (non-hydrogen) atoms. The van der Waals surface area contributed by atoms with E-state index in [1.807, 2.05) is 31.2 Å². The van der Waals surface area contributed by atoms with Crippen molar-refractivity contribution in [2.24, 2.45) is 0 Å². The van der Waals surface area contributed by atoms with Crippen LogP contribution in [0.4, 0.5) is 0 Å². The van der Waals surface area contributed by atoms with E-state index in [4.69, 9.17) is 10.00 Å². The first-order valence-electron chi connectivity index (χ1n) is 5.14. The highest BCUT2D eigenvalue weighted by atomic mass is 16.5. The lowest BCUT2D eigenvalue weighted by Crippen LogP contribution is -2.02. The smallest absolute Gasteiger partial charge is 0.186 e. The Morgan fingerprint density at radius 1 is 1.35 bits per heavy atom. The van der Waals surface area contributed by atoms with Gasteiger partial charge in [0.05, 0.1) is 12.8 Å². The number of ether oxygens (including phenoxy) is 1. The summed E-state index contributed by atoms with van der Waals surface area (Å²) in [6.07, 6.45) is 0. The van der Waals surface area contributed by atoms with E-state index in [0.29, 0.717) is 17.1 Å². The van der Waals surface area contributed by atoms with Gasteiger partial charge in [-0.2, -0.15) is 5.26 Å². The minimum absolute atomic E-state index is 0.327. The van der Waals surface area contributed by atoms with E-state index in [0.717, 1.165) is 11.3 Å². The van der Waals surface area contributed by atoms with Gasteiger partial charge in [-0.1, -0.05) is 11.3 Å². The standard InChI is InChI=1S/C12H12N4O/c1-8-4-5-12(17-3)11(6-8)16-9(2)10(7-13)14-15-16/h4-6H,1-3H3. The number of nitriles is 1. The number of benzene rings is 1. The number of rotatable bonds is 2. The predicted octanol–water partition coefficient (Wildman–Crippen LogP) is 1.76. The van der Waals surface area contributed by atoms with Crippen molar-refractivity contribution in [1.29, 1.82) is 5.26 Å². The second-order valence-corrected chi connectivity index (χ2v) is 3.72. The van der Waals surface area contributed by atoms with E-state index >= 15 is 0 Å². The summed E-state index contributed by atoms with van der Waals surface area (Å²) in [6, 6.07) is 7.78. The van der Waals surface area contributed by atoms with Crippen LogP contribution in [-0.4, -0.2) is 22.1 Å². The molecule has 5 heteroatoms. The second kappa shape index (κ2) is 4.26. The van der Waals surface area contributed by atoms with Gasteiger partial charge in [0.15, 0.2) is 5.69 Å². The Morgan fingerprint density at radius 2 is 2.12 bits per heavy atom. The molecule has 0 aliphatic rings. The predicted molar refractivity (Wildman–Crippen MR) is 62.1 cm³/mol. The highest BCUT2D eigenvalue weighted by molar-refractivity contribution is 5.49. The molecule has 0 saturated heterocycles. The molecule has 0 amide bonds. The minimum atomic E-state index is 0.327. The van der Waals surface area contributed by atoms with Crippen LogP contribution in [0.3, 0.4) is 0 Å². The summed E-state index contributed by atoms with van der Waals surface area (Å²) >= 11 is 0. The fourth-order valence-corrected chi connectivity index (χ4v) is 1.63. The molecule has 0 aliphatic heterocycles. The molecule has 2 rings (SSSR count). The average Bonchev–Trinajstić information content (AvgIpc) is 2.70. The van der Waals surface area contributed by atoms with Gasteiger partial charge in [0.2, 0.25) is 0 Å². The second-order valence-electron chi connectivity index (χ2n) is 3.72. The van der Waals surface area contributed by atoms with Crippen LogP contribution in [0.5, 0.6) is 5.75 Å². The molecular formula is C12H12N4O. The van der Waals surface area contributed by atoms with Gasteiger partial charge >= 0.3 is 0 Å². The molecular weight excluding hydrogens is 216 g/mol. The minimum Gasteiger partial charge on any atom is -0.494 e. The first kappa shape index (κ1) is 11.1. The molecule has 1 heterocycles. The van der Waals surface area contributed by atoms with Crippen molar-refractivity contribution in [3.8, 4) is 17.5 Å². The molecule has 0 aliphatic carbocycles. The number of aromatic nitrogens is 3. The van der Waals surface area contributed by atoms with Gasteiger partial charge in [0, 0.05) is 0 Å². The van der Waals surface area contributed by atoms with Crippen molar-refractivity contribution in [2.75, 3.05) is 7.11 Å². The molecule has 1 aromatic heterocycles. The summed E-state index contributed by atoms with van der Waals surface area (Å²) in [5, 5.41) is 16.6. The number of hydrogen-bond donors (Lipinski definition) is 0. The third kappa shape index (κ3) is 1.85. The lowest BCUT2D eigenvalue weighted by Gasteiger charge is -2.09. The summed E-state index contributed by atoms with van der Waals surface area (Å²) in [5.74, 6) is 0.702. The maximum absolute atomic E-state index is 8.86. The summed E-state index contributed by atoms with van der Waals surface area (Å²) < 4.78 is 6.90. The number of hydrogen-bond acceptors (Lipinski definition) is 4. The summed E-state index contributed by atoms with van der Waals surface area (Å²) in [7, 11) is 1.60. The van der Waals surface area contributed by atoms with Crippen LogP contribution in [-0.2, 0) is 0 Å². The molecule has 0 fully saturated rings. The third-order valence-corrected chi connectivity index (χ3v) is 2.56. The molecule has 0 bridgehead atoms. The maximum Gasteiger partial charge on any atom is 0.186 e. The Bertz CT molecular complexity index is 595. The zero-order valence-corrected chi connectivity index (χ0v) is 9.93. The largest absolute Gasteiger partial charge is 0.494 e. The fourth-order valence-electron chi connectivity index (χ4n) is 1.63. The van der Waals surface area contributed by atoms with Crippen LogP contribution in [0, 0.1) is 25.2 Å². The van der Waals surface area contributed by atoms with Gasteiger partial charge in [-0.05, 0) is 31.5 Å². The van der Waals surface area contributed by atoms with Crippen LogP contribution < -0.4 is 4.74 Å². The zero-order chi connectivity index (χ0) is 12.4. The molecule has 0 spiro atoms. The van der Waals surface area contributed by atoms with Gasteiger partial charge in [-0.3, -0.25) is 0 Å². The van der Waals surface area contributed by atoms with Gasteiger partial charge in [0.25, 0.3) is 0 Å². The number of methoxy groups -OCH3 is 1. The van der Waals surface area contributed by atoms with Crippen molar-refractivity contribution in [1.82, 2.24) is 15.0 Å². The number of nitrogens with zero attached hydrogens (tertiary/aromatic N) is 4. The van der Waals surface area contributed by atoms with E-state index < -0.39 is 0 Å². The van der Waals surface area contributed by atoms with Crippen LogP contribution in [0.2, 0.25) is 0 Å². The van der Waals surface area contributed by atoms with Crippen LogP contribution in [0.15, 0.2) is 18.2 Å². The van der Waals surface area contributed by atoms with Crippen LogP contribution >= 0.6 is 0 Å². The van der Waals surface area contributed by atoms with E-state index in [9.17, 15) is 0 Å². The Kier molecular flexibility index (Phi) is 2.79. The lowest BCUT2D eigenvalue weighted by atomic mass is 10.2. The molecule has 0 N–H and O–H groups in total. The van der Waals surface area contributed by atoms with Crippen molar-refractivity contribution in [3.63, 3.8) is 0 Å². The van der Waals surface area contributed by atoms with Crippen molar-refractivity contribution in [2.45, 2.75) is 13.8 Å². The van der Waals surface area contributed by atoms with Crippen molar-refractivity contribution >= 4 is 0 Å². The monoisotopic (exact) mass is 228 g/mol. The van der Waals surface area contributed by atoms with E-state index in [2.05, 4.69) is 10.3 Å².